The first kappa shape index (κ1) is 25.8. The Kier molecular flexibility index (Phi) is 6.00. The average molecular weight is 533 g/mol. The molecule has 6 rings (SSSR count). The Hall–Kier alpha value is -3.43. The summed E-state index contributed by atoms with van der Waals surface area (Å²) in [5.41, 5.74) is -0.123. The number of carbonyl (C=O) groups excluding carboxylic acids is 2. The quantitative estimate of drug-likeness (QED) is 0.432. The molecule has 1 saturated carbocycles. The molecule has 1 spiro atoms. The van der Waals surface area contributed by atoms with E-state index in [-0.39, 0.29) is 18.5 Å². The first-order valence-electron chi connectivity index (χ1n) is 13.6. The van der Waals surface area contributed by atoms with Crippen molar-refractivity contribution < 1.29 is 24.2 Å². The van der Waals surface area contributed by atoms with Gasteiger partial charge in [-0.2, -0.15) is 0 Å². The number of aliphatic hydroxyl groups is 1. The number of anilines is 1. The Balaban J connectivity index is 1.55. The Morgan fingerprint density at radius 1 is 1.21 bits per heavy atom. The maximum absolute atomic E-state index is 13.2. The van der Waals surface area contributed by atoms with Gasteiger partial charge in [-0.15, -0.1) is 0 Å². The molecule has 0 radical (unpaired) electrons. The lowest BCUT2D eigenvalue weighted by Gasteiger charge is -2.64. The number of aromatic nitrogens is 1. The van der Waals surface area contributed by atoms with Crippen LogP contribution in [-0.2, 0) is 14.9 Å². The summed E-state index contributed by atoms with van der Waals surface area (Å²) in [5.74, 6) is -0.0365. The summed E-state index contributed by atoms with van der Waals surface area (Å²) in [6.07, 6.45) is 8.04. The molecule has 4 heterocycles. The van der Waals surface area contributed by atoms with Gasteiger partial charge in [0.1, 0.15) is 17.5 Å². The van der Waals surface area contributed by atoms with Gasteiger partial charge in [-0.1, -0.05) is 25.1 Å². The van der Waals surface area contributed by atoms with E-state index in [1.165, 1.54) is 6.92 Å². The number of benzene rings is 1. The zero-order valence-corrected chi connectivity index (χ0v) is 22.9. The van der Waals surface area contributed by atoms with Gasteiger partial charge in [0.2, 0.25) is 0 Å². The summed E-state index contributed by atoms with van der Waals surface area (Å²) in [6.45, 7) is 5.06. The number of nitrogens with zero attached hydrogens (tertiary/aromatic N) is 3. The van der Waals surface area contributed by atoms with Crippen LogP contribution in [0.15, 0.2) is 54.9 Å². The molecule has 1 aliphatic carbocycles. The number of carbonyl (C=O) groups is 2. The summed E-state index contributed by atoms with van der Waals surface area (Å²) in [7, 11) is 3.63. The molecule has 1 aromatic carbocycles. The van der Waals surface area contributed by atoms with Gasteiger partial charge < -0.3 is 24.8 Å². The number of likely N-dealkylation sites (N-methyl/N-ethyl adjacent to an activating group) is 1. The molecule has 2 fully saturated rings. The Bertz CT molecular complexity index is 1330. The van der Waals surface area contributed by atoms with E-state index in [9.17, 15) is 14.7 Å². The highest BCUT2D eigenvalue weighted by Crippen LogP contribution is 2.67. The molecule has 1 aromatic heterocycles. The third-order valence-corrected chi connectivity index (χ3v) is 9.69. The monoisotopic (exact) mass is 532 g/mol. The normalized spacial score (nSPS) is 34.2. The van der Waals surface area contributed by atoms with Crippen LogP contribution >= 0.6 is 0 Å². The number of fused-ring (bicyclic) bond motifs is 1. The smallest absolute Gasteiger partial charge is 0.303 e. The molecule has 0 unspecified atom stereocenters. The third-order valence-electron chi connectivity index (χ3n) is 9.69. The van der Waals surface area contributed by atoms with Crippen molar-refractivity contribution in [1.82, 2.24) is 15.2 Å². The van der Waals surface area contributed by atoms with Crippen molar-refractivity contribution in [2.24, 2.45) is 5.41 Å². The third kappa shape index (κ3) is 3.42. The van der Waals surface area contributed by atoms with Crippen LogP contribution in [0.5, 0.6) is 5.75 Å². The van der Waals surface area contributed by atoms with E-state index < -0.39 is 34.5 Å². The van der Waals surface area contributed by atoms with E-state index in [0.29, 0.717) is 12.0 Å². The van der Waals surface area contributed by atoms with Crippen molar-refractivity contribution in [3.05, 3.63) is 66.0 Å². The van der Waals surface area contributed by atoms with Crippen LogP contribution in [0.1, 0.15) is 42.6 Å². The van der Waals surface area contributed by atoms with E-state index in [1.807, 2.05) is 19.2 Å². The summed E-state index contributed by atoms with van der Waals surface area (Å²) < 4.78 is 11.7. The Morgan fingerprint density at radius 3 is 2.67 bits per heavy atom. The maximum atomic E-state index is 13.2. The van der Waals surface area contributed by atoms with Crippen molar-refractivity contribution in [2.45, 2.75) is 55.9 Å². The first-order chi connectivity index (χ1) is 18.7. The number of hydrogen-bond acceptors (Lipinski definition) is 8. The number of hydrogen-bond donors (Lipinski definition) is 2. The lowest BCUT2D eigenvalue weighted by molar-refractivity contribution is -0.216. The molecule has 2 aromatic rings. The molecule has 0 bridgehead atoms. The van der Waals surface area contributed by atoms with Crippen molar-refractivity contribution in [3.8, 4) is 5.75 Å². The second-order valence-electron chi connectivity index (χ2n) is 11.4. The van der Waals surface area contributed by atoms with Crippen LogP contribution in [0.25, 0.3) is 0 Å². The number of methoxy groups -OCH3 is 1. The van der Waals surface area contributed by atoms with Crippen LogP contribution in [0.4, 0.5) is 5.69 Å². The van der Waals surface area contributed by atoms with Gasteiger partial charge in [-0.25, -0.2) is 0 Å². The second kappa shape index (κ2) is 9.06. The molecule has 1 amide bonds. The fourth-order valence-electron chi connectivity index (χ4n) is 8.47. The van der Waals surface area contributed by atoms with Crippen LogP contribution in [0.2, 0.25) is 0 Å². The molecule has 9 nitrogen and oxygen atoms in total. The van der Waals surface area contributed by atoms with Crippen LogP contribution in [0, 0.1) is 5.41 Å². The molecular formula is C30H36N4O5. The fraction of sp³-hybridized carbons (Fsp3) is 0.500. The van der Waals surface area contributed by atoms with Gasteiger partial charge in [0.25, 0.3) is 5.91 Å². The molecule has 2 N–H and O–H groups in total. The highest BCUT2D eigenvalue weighted by Gasteiger charge is 2.77. The number of esters is 1. The molecule has 39 heavy (non-hydrogen) atoms. The largest absolute Gasteiger partial charge is 0.497 e. The van der Waals surface area contributed by atoms with Gasteiger partial charge in [0.15, 0.2) is 0 Å². The van der Waals surface area contributed by atoms with Crippen molar-refractivity contribution >= 4 is 17.6 Å². The molecule has 1 saturated heterocycles. The van der Waals surface area contributed by atoms with Crippen LogP contribution in [0.3, 0.4) is 0 Å². The van der Waals surface area contributed by atoms with Gasteiger partial charge in [-0.3, -0.25) is 19.5 Å². The minimum atomic E-state index is -1.61. The van der Waals surface area contributed by atoms with E-state index in [0.717, 1.165) is 36.5 Å². The zero-order valence-electron chi connectivity index (χ0n) is 22.9. The van der Waals surface area contributed by atoms with Gasteiger partial charge in [0.05, 0.1) is 19.7 Å². The molecule has 4 aliphatic rings. The number of rotatable bonds is 6. The minimum Gasteiger partial charge on any atom is -0.497 e. The summed E-state index contributed by atoms with van der Waals surface area (Å²) >= 11 is 0. The predicted octanol–water partition coefficient (Wildman–Crippen LogP) is 2.29. The van der Waals surface area contributed by atoms with E-state index >= 15 is 0 Å². The first-order valence-corrected chi connectivity index (χ1v) is 13.6. The zero-order chi connectivity index (χ0) is 27.6. The van der Waals surface area contributed by atoms with E-state index in [4.69, 9.17) is 9.47 Å². The number of amides is 1. The lowest BCUT2D eigenvalue weighted by atomic mass is 9.47. The number of nitrogens with one attached hydrogen (secondary N) is 1. The molecular weight excluding hydrogens is 496 g/mol. The second-order valence-corrected chi connectivity index (χ2v) is 11.4. The van der Waals surface area contributed by atoms with Crippen molar-refractivity contribution in [3.63, 3.8) is 0 Å². The van der Waals surface area contributed by atoms with Crippen LogP contribution in [-0.4, -0.2) is 84.4 Å². The molecule has 9 heteroatoms. The molecule has 3 aliphatic heterocycles. The number of ether oxygens (including phenoxy) is 2. The summed E-state index contributed by atoms with van der Waals surface area (Å²) in [4.78, 5) is 34.5. The molecule has 6 atom stereocenters. The minimum absolute atomic E-state index is 0.00243. The highest BCUT2D eigenvalue weighted by atomic mass is 16.6. The number of pyridine rings is 1. The maximum Gasteiger partial charge on any atom is 0.303 e. The fourth-order valence-corrected chi connectivity index (χ4v) is 8.47. The summed E-state index contributed by atoms with van der Waals surface area (Å²) in [6, 6.07) is 8.96. The predicted molar refractivity (Wildman–Crippen MR) is 146 cm³/mol. The average Bonchev–Trinajstić information content (AvgIpc) is 3.46. The lowest BCUT2D eigenvalue weighted by Crippen LogP contribution is -2.81. The van der Waals surface area contributed by atoms with Crippen molar-refractivity contribution in [2.75, 3.05) is 38.7 Å². The SMILES string of the molecule is CC[C@]12C=CCN3CC[C@@]4(c5ccc(OC)cc5N(C)[C@H]4[C@@](O)(CNC(=O)c4ccncc4)[C@@H]1OC(C)=O)[C@@H]32. The Morgan fingerprint density at radius 2 is 1.97 bits per heavy atom. The standard InChI is InChI=1S/C30H36N4O5/c1-5-28-11-6-15-34-16-12-29(25(28)34)22-8-7-21(38-4)17-23(22)33(3)26(29)30(37,27(28)39-19(2)35)18-32-24(36)20-9-13-31-14-10-20/h6-11,13-14,17,25-27,37H,5,12,15-16,18H2,1-4H3,(H,32,36)/t25-,26+,27+,28+,29+,30-/m0/s1. The van der Waals surface area contributed by atoms with E-state index in [2.05, 4.69) is 45.2 Å². The topological polar surface area (TPSA) is 104 Å². The van der Waals surface area contributed by atoms with Gasteiger partial charge in [0, 0.05) is 67.1 Å². The van der Waals surface area contributed by atoms with E-state index in [1.54, 1.807) is 31.6 Å². The van der Waals surface area contributed by atoms with Gasteiger partial charge >= 0.3 is 5.97 Å². The van der Waals surface area contributed by atoms with Crippen molar-refractivity contribution in [1.29, 1.82) is 0 Å². The molecule has 206 valence electrons. The highest BCUT2D eigenvalue weighted by molar-refractivity contribution is 5.94. The van der Waals surface area contributed by atoms with Gasteiger partial charge in [-0.05, 0) is 43.1 Å². The van der Waals surface area contributed by atoms with Crippen LogP contribution < -0.4 is 15.0 Å². The Labute approximate surface area is 228 Å². The summed E-state index contributed by atoms with van der Waals surface area (Å²) in [5, 5.41) is 16.0.